The summed E-state index contributed by atoms with van der Waals surface area (Å²) in [6.45, 7) is 1.49. The van der Waals surface area contributed by atoms with Crippen molar-refractivity contribution in [3.05, 3.63) is 0 Å². The zero-order chi connectivity index (χ0) is 13.2. The van der Waals surface area contributed by atoms with Crippen LogP contribution in [-0.2, 0) is 14.3 Å². The molecule has 3 fully saturated rings. The zero-order valence-electron chi connectivity index (χ0n) is 11.3. The van der Waals surface area contributed by atoms with Gasteiger partial charge in [0.1, 0.15) is 0 Å². The highest BCUT2D eigenvalue weighted by Gasteiger charge is 2.40. The summed E-state index contributed by atoms with van der Waals surface area (Å²) in [5.41, 5.74) is 6.10. The van der Waals surface area contributed by atoms with Crippen LogP contribution in [0.25, 0.3) is 0 Å². The largest absolute Gasteiger partial charge is 0.376 e. The van der Waals surface area contributed by atoms with Gasteiger partial charge in [0, 0.05) is 12.1 Å². The van der Waals surface area contributed by atoms with Crippen LogP contribution in [0.2, 0.25) is 0 Å². The number of ether oxygens (including phenoxy) is 2. The Bertz CT molecular complexity index is 317. The zero-order valence-corrected chi connectivity index (χ0v) is 11.3. The average molecular weight is 268 g/mol. The predicted molar refractivity (Wildman–Crippen MR) is 70.5 cm³/mol. The van der Waals surface area contributed by atoms with Crippen LogP contribution in [0.5, 0.6) is 0 Å². The molecular weight excluding hydrogens is 244 g/mol. The van der Waals surface area contributed by atoms with Crippen molar-refractivity contribution >= 4 is 5.91 Å². The molecule has 0 aromatic heterocycles. The summed E-state index contributed by atoms with van der Waals surface area (Å²) in [4.78, 5) is 12.2. The van der Waals surface area contributed by atoms with E-state index in [4.69, 9.17) is 15.2 Å². The molecule has 2 saturated carbocycles. The highest BCUT2D eigenvalue weighted by molar-refractivity contribution is 5.81. The van der Waals surface area contributed by atoms with Crippen molar-refractivity contribution in [3.8, 4) is 0 Å². The van der Waals surface area contributed by atoms with E-state index in [1.807, 2.05) is 0 Å². The lowest BCUT2D eigenvalue weighted by molar-refractivity contribution is -0.149. The molecule has 19 heavy (non-hydrogen) atoms. The Morgan fingerprint density at radius 1 is 1.16 bits per heavy atom. The Morgan fingerprint density at radius 3 is 2.53 bits per heavy atom. The topological polar surface area (TPSA) is 73.6 Å². The van der Waals surface area contributed by atoms with Crippen LogP contribution in [0, 0.1) is 11.8 Å². The lowest BCUT2D eigenvalue weighted by atomic mass is 9.67. The van der Waals surface area contributed by atoms with Gasteiger partial charge in [0.2, 0.25) is 0 Å². The molecule has 0 radical (unpaired) electrons. The minimum atomic E-state index is -0.426. The summed E-state index contributed by atoms with van der Waals surface area (Å²) in [6.07, 6.45) is 5.32. The van der Waals surface area contributed by atoms with Crippen LogP contribution in [-0.4, -0.2) is 43.9 Å². The van der Waals surface area contributed by atoms with Crippen molar-refractivity contribution in [2.24, 2.45) is 17.6 Å². The van der Waals surface area contributed by atoms with Gasteiger partial charge >= 0.3 is 0 Å². The van der Waals surface area contributed by atoms with Gasteiger partial charge < -0.3 is 20.5 Å². The van der Waals surface area contributed by atoms with Crippen LogP contribution in [0.1, 0.15) is 32.1 Å². The van der Waals surface area contributed by atoms with Crippen LogP contribution in [0.4, 0.5) is 0 Å². The van der Waals surface area contributed by atoms with Gasteiger partial charge in [-0.3, -0.25) is 4.79 Å². The Kier molecular flexibility index (Phi) is 4.05. The lowest BCUT2D eigenvalue weighted by Crippen LogP contribution is -2.56. The van der Waals surface area contributed by atoms with Crippen molar-refractivity contribution in [3.63, 3.8) is 0 Å². The van der Waals surface area contributed by atoms with Gasteiger partial charge in [0.05, 0.1) is 19.8 Å². The van der Waals surface area contributed by atoms with Gasteiger partial charge in [-0.05, 0) is 37.5 Å². The third-order valence-corrected chi connectivity index (χ3v) is 4.79. The van der Waals surface area contributed by atoms with Crippen LogP contribution in [0.3, 0.4) is 0 Å². The van der Waals surface area contributed by atoms with E-state index < -0.39 is 6.10 Å². The molecule has 3 rings (SSSR count). The molecule has 1 aliphatic heterocycles. The van der Waals surface area contributed by atoms with E-state index in [-0.39, 0.29) is 5.91 Å². The second-order valence-electron chi connectivity index (χ2n) is 6.15. The molecule has 0 spiro atoms. The molecule has 0 aromatic rings. The molecule has 3 unspecified atom stereocenters. The molecule has 5 nitrogen and oxygen atoms in total. The third kappa shape index (κ3) is 2.93. The molecule has 108 valence electrons. The number of nitrogens with one attached hydrogen (secondary N) is 1. The van der Waals surface area contributed by atoms with E-state index in [1.54, 1.807) is 0 Å². The number of amides is 1. The van der Waals surface area contributed by atoms with Gasteiger partial charge in [-0.25, -0.2) is 0 Å². The maximum atomic E-state index is 12.2. The Hall–Kier alpha value is -0.650. The van der Waals surface area contributed by atoms with E-state index in [1.165, 1.54) is 19.3 Å². The fourth-order valence-corrected chi connectivity index (χ4v) is 3.92. The number of fused-ring (bicyclic) bond motifs is 2. The average Bonchev–Trinajstić information content (AvgIpc) is 2.41. The van der Waals surface area contributed by atoms with Gasteiger partial charge in [-0.1, -0.05) is 6.42 Å². The van der Waals surface area contributed by atoms with E-state index in [2.05, 4.69) is 5.32 Å². The first-order valence-electron chi connectivity index (χ1n) is 7.49. The van der Waals surface area contributed by atoms with Crippen LogP contribution < -0.4 is 11.1 Å². The van der Waals surface area contributed by atoms with E-state index >= 15 is 0 Å². The number of rotatable bonds is 2. The predicted octanol–water partition coefficient (Wildman–Crippen LogP) is 0.424. The normalized spacial score (nSPS) is 42.7. The molecule has 5 heteroatoms. The summed E-state index contributed by atoms with van der Waals surface area (Å²) in [6, 6.07) is 0.615. The summed E-state index contributed by atoms with van der Waals surface area (Å²) >= 11 is 0. The number of nitrogens with two attached hydrogens (primary N) is 1. The van der Waals surface area contributed by atoms with Crippen molar-refractivity contribution in [2.45, 2.75) is 50.3 Å². The molecule has 1 saturated heterocycles. The molecule has 1 heterocycles. The maximum Gasteiger partial charge on any atom is 0.251 e. The van der Waals surface area contributed by atoms with Crippen LogP contribution >= 0.6 is 0 Å². The Labute approximate surface area is 114 Å². The van der Waals surface area contributed by atoms with Crippen LogP contribution in [0.15, 0.2) is 0 Å². The van der Waals surface area contributed by atoms with Crippen molar-refractivity contribution in [1.82, 2.24) is 5.32 Å². The quantitative estimate of drug-likeness (QED) is 0.761. The van der Waals surface area contributed by atoms with Crippen molar-refractivity contribution < 1.29 is 14.3 Å². The van der Waals surface area contributed by atoms with Crippen molar-refractivity contribution in [2.75, 3.05) is 19.8 Å². The fraction of sp³-hybridized carbons (Fsp3) is 0.929. The first kappa shape index (κ1) is 13.3. The summed E-state index contributed by atoms with van der Waals surface area (Å²) in [7, 11) is 0. The summed E-state index contributed by atoms with van der Waals surface area (Å²) < 4.78 is 10.8. The first-order chi connectivity index (χ1) is 9.24. The standard InChI is InChI=1S/C14H24N2O3/c15-11-6-9-2-1-3-10(7-11)13(9)16-14(17)12-8-18-4-5-19-12/h9-13H,1-8,15H2,(H,16,17). The van der Waals surface area contributed by atoms with E-state index in [0.29, 0.717) is 43.7 Å². The second-order valence-corrected chi connectivity index (χ2v) is 6.15. The molecule has 2 aliphatic carbocycles. The van der Waals surface area contributed by atoms with E-state index in [9.17, 15) is 4.79 Å². The molecule has 2 bridgehead atoms. The molecule has 3 N–H and O–H groups in total. The number of carbonyl (C=O) groups is 1. The SMILES string of the molecule is NC1CC2CCCC(C1)C2NC(=O)C1COCCO1. The number of carbonyl (C=O) groups excluding carboxylic acids is 1. The van der Waals surface area contributed by atoms with Gasteiger partial charge in [0.15, 0.2) is 6.10 Å². The highest BCUT2D eigenvalue weighted by atomic mass is 16.6. The second kappa shape index (κ2) is 5.77. The summed E-state index contributed by atoms with van der Waals surface area (Å²) in [5, 5.41) is 3.21. The highest BCUT2D eigenvalue weighted by Crippen LogP contribution is 2.39. The first-order valence-corrected chi connectivity index (χ1v) is 7.49. The molecule has 1 amide bonds. The molecular formula is C14H24N2O3. The maximum absolute atomic E-state index is 12.2. The fourth-order valence-electron chi connectivity index (χ4n) is 3.92. The van der Waals surface area contributed by atoms with Gasteiger partial charge in [0.25, 0.3) is 5.91 Å². The minimum Gasteiger partial charge on any atom is -0.376 e. The van der Waals surface area contributed by atoms with Gasteiger partial charge in [-0.15, -0.1) is 0 Å². The number of hydrogen-bond acceptors (Lipinski definition) is 4. The van der Waals surface area contributed by atoms with E-state index in [0.717, 1.165) is 12.8 Å². The molecule has 3 aliphatic rings. The lowest BCUT2D eigenvalue weighted by Gasteiger charge is -2.45. The monoisotopic (exact) mass is 268 g/mol. The van der Waals surface area contributed by atoms with Crippen molar-refractivity contribution in [1.29, 1.82) is 0 Å². The molecule has 0 aromatic carbocycles. The smallest absolute Gasteiger partial charge is 0.251 e. The number of hydrogen-bond donors (Lipinski definition) is 2. The summed E-state index contributed by atoms with van der Waals surface area (Å²) in [5.74, 6) is 1.10. The minimum absolute atomic E-state index is 0.00271. The van der Waals surface area contributed by atoms with Gasteiger partial charge in [-0.2, -0.15) is 0 Å². The molecule has 3 atom stereocenters. The third-order valence-electron chi connectivity index (χ3n) is 4.79. The Morgan fingerprint density at radius 2 is 1.89 bits per heavy atom. The Balaban J connectivity index is 1.60.